The molecule has 84 valence electrons. The van der Waals surface area contributed by atoms with Crippen molar-refractivity contribution in [3.8, 4) is 0 Å². The van der Waals surface area contributed by atoms with E-state index in [1.807, 2.05) is 0 Å². The summed E-state index contributed by atoms with van der Waals surface area (Å²) in [6.07, 6.45) is 4.30. The Labute approximate surface area is 87.7 Å². The van der Waals surface area contributed by atoms with E-state index in [1.54, 1.807) is 0 Å². The predicted molar refractivity (Wildman–Crippen MR) is 59.4 cm³/mol. The third-order valence-electron chi connectivity index (χ3n) is 3.12. The second-order valence-corrected chi connectivity index (χ2v) is 4.76. The SMILES string of the molecule is CN(C)CCCN(C)C1CCC(O)C1. The van der Waals surface area contributed by atoms with Crippen LogP contribution in [-0.4, -0.2) is 61.3 Å². The van der Waals surface area contributed by atoms with Gasteiger partial charge in [0.1, 0.15) is 0 Å². The third-order valence-corrected chi connectivity index (χ3v) is 3.12. The molecule has 14 heavy (non-hydrogen) atoms. The normalized spacial score (nSPS) is 27.9. The van der Waals surface area contributed by atoms with Crippen molar-refractivity contribution in [3.05, 3.63) is 0 Å². The molecule has 0 aliphatic heterocycles. The van der Waals surface area contributed by atoms with E-state index < -0.39 is 0 Å². The molecule has 1 N–H and O–H groups in total. The molecule has 0 saturated heterocycles. The molecule has 0 heterocycles. The highest BCUT2D eigenvalue weighted by Crippen LogP contribution is 2.22. The number of aliphatic hydroxyl groups is 1. The predicted octanol–water partition coefficient (Wildman–Crippen LogP) is 0.783. The molecule has 0 aromatic carbocycles. The van der Waals surface area contributed by atoms with Gasteiger partial charge in [-0.1, -0.05) is 0 Å². The van der Waals surface area contributed by atoms with E-state index in [9.17, 15) is 5.11 Å². The molecule has 3 nitrogen and oxygen atoms in total. The Morgan fingerprint density at radius 3 is 2.36 bits per heavy atom. The number of nitrogens with zero attached hydrogens (tertiary/aromatic N) is 2. The molecule has 1 aliphatic carbocycles. The summed E-state index contributed by atoms with van der Waals surface area (Å²) in [6.45, 7) is 2.30. The monoisotopic (exact) mass is 200 g/mol. The van der Waals surface area contributed by atoms with Gasteiger partial charge in [-0.25, -0.2) is 0 Å². The van der Waals surface area contributed by atoms with Crippen LogP contribution in [-0.2, 0) is 0 Å². The van der Waals surface area contributed by atoms with Gasteiger partial charge in [0.15, 0.2) is 0 Å². The van der Waals surface area contributed by atoms with E-state index in [0.717, 1.165) is 25.9 Å². The third kappa shape index (κ3) is 3.95. The summed E-state index contributed by atoms with van der Waals surface area (Å²) in [7, 11) is 6.40. The summed E-state index contributed by atoms with van der Waals surface area (Å²) in [5.41, 5.74) is 0. The Hall–Kier alpha value is -0.120. The maximum Gasteiger partial charge on any atom is 0.0555 e. The zero-order valence-electron chi connectivity index (χ0n) is 9.74. The maximum absolute atomic E-state index is 9.43. The first-order valence-corrected chi connectivity index (χ1v) is 5.62. The van der Waals surface area contributed by atoms with Crippen LogP contribution in [0.25, 0.3) is 0 Å². The van der Waals surface area contributed by atoms with Crippen molar-refractivity contribution in [1.29, 1.82) is 0 Å². The molecule has 3 heteroatoms. The number of aliphatic hydroxyl groups excluding tert-OH is 1. The highest BCUT2D eigenvalue weighted by molar-refractivity contribution is 4.80. The summed E-state index contributed by atoms with van der Waals surface area (Å²) in [5, 5.41) is 9.43. The fourth-order valence-electron chi connectivity index (χ4n) is 2.15. The lowest BCUT2D eigenvalue weighted by atomic mass is 10.2. The van der Waals surface area contributed by atoms with Gasteiger partial charge in [-0.2, -0.15) is 0 Å². The number of hydrogen-bond donors (Lipinski definition) is 1. The standard InChI is InChI=1S/C11H24N2O/c1-12(2)7-4-8-13(3)10-5-6-11(14)9-10/h10-11,14H,4-9H2,1-3H3. The summed E-state index contributed by atoms with van der Waals surface area (Å²) in [5.74, 6) is 0. The summed E-state index contributed by atoms with van der Waals surface area (Å²) < 4.78 is 0. The number of rotatable bonds is 5. The van der Waals surface area contributed by atoms with E-state index >= 15 is 0 Å². The lowest BCUT2D eigenvalue weighted by Crippen LogP contribution is -2.32. The Balaban J connectivity index is 2.12. The maximum atomic E-state index is 9.43. The van der Waals surface area contributed by atoms with Crippen molar-refractivity contribution in [3.63, 3.8) is 0 Å². The fourth-order valence-corrected chi connectivity index (χ4v) is 2.15. The molecule has 0 bridgehead atoms. The minimum atomic E-state index is -0.0451. The Morgan fingerprint density at radius 1 is 1.14 bits per heavy atom. The number of hydrogen-bond acceptors (Lipinski definition) is 3. The van der Waals surface area contributed by atoms with E-state index in [-0.39, 0.29) is 6.10 Å². The van der Waals surface area contributed by atoms with E-state index in [2.05, 4.69) is 30.9 Å². The molecule has 0 aromatic rings. The van der Waals surface area contributed by atoms with Crippen LogP contribution in [0.15, 0.2) is 0 Å². The molecule has 0 radical (unpaired) electrons. The topological polar surface area (TPSA) is 26.7 Å². The smallest absolute Gasteiger partial charge is 0.0555 e. The van der Waals surface area contributed by atoms with Crippen LogP contribution < -0.4 is 0 Å². The van der Waals surface area contributed by atoms with Crippen LogP contribution in [0.2, 0.25) is 0 Å². The first-order valence-electron chi connectivity index (χ1n) is 5.62. The average Bonchev–Trinajstić information content (AvgIpc) is 2.51. The minimum Gasteiger partial charge on any atom is -0.393 e. The van der Waals surface area contributed by atoms with Crippen molar-refractivity contribution < 1.29 is 5.11 Å². The van der Waals surface area contributed by atoms with Gasteiger partial charge in [-0.3, -0.25) is 0 Å². The lowest BCUT2D eigenvalue weighted by molar-refractivity contribution is 0.161. The zero-order chi connectivity index (χ0) is 10.6. The second kappa shape index (κ2) is 5.69. The molecule has 1 saturated carbocycles. The van der Waals surface area contributed by atoms with Crippen molar-refractivity contribution in [2.75, 3.05) is 34.2 Å². The van der Waals surface area contributed by atoms with E-state index in [4.69, 9.17) is 0 Å². The average molecular weight is 200 g/mol. The first-order chi connectivity index (χ1) is 6.59. The largest absolute Gasteiger partial charge is 0.393 e. The Kier molecular flexibility index (Phi) is 4.85. The zero-order valence-corrected chi connectivity index (χ0v) is 9.74. The highest BCUT2D eigenvalue weighted by atomic mass is 16.3. The van der Waals surface area contributed by atoms with Gasteiger partial charge in [0.2, 0.25) is 0 Å². The molecule has 0 spiro atoms. The summed E-state index contributed by atoms with van der Waals surface area (Å²) >= 11 is 0. The highest BCUT2D eigenvalue weighted by Gasteiger charge is 2.25. The lowest BCUT2D eigenvalue weighted by Gasteiger charge is -2.24. The summed E-state index contributed by atoms with van der Waals surface area (Å²) in [4.78, 5) is 4.62. The van der Waals surface area contributed by atoms with Crippen LogP contribution in [0.4, 0.5) is 0 Å². The molecule has 1 rings (SSSR count). The van der Waals surface area contributed by atoms with Crippen molar-refractivity contribution in [2.24, 2.45) is 0 Å². The molecular formula is C11H24N2O. The van der Waals surface area contributed by atoms with E-state index in [0.29, 0.717) is 6.04 Å². The molecule has 2 atom stereocenters. The van der Waals surface area contributed by atoms with Crippen molar-refractivity contribution >= 4 is 0 Å². The van der Waals surface area contributed by atoms with Gasteiger partial charge in [-0.05, 0) is 59.9 Å². The van der Waals surface area contributed by atoms with Gasteiger partial charge in [-0.15, -0.1) is 0 Å². The van der Waals surface area contributed by atoms with Crippen LogP contribution in [0.3, 0.4) is 0 Å². The molecule has 1 fully saturated rings. The Bertz CT molecular complexity index is 161. The molecule has 0 amide bonds. The molecular weight excluding hydrogens is 176 g/mol. The Morgan fingerprint density at radius 2 is 1.86 bits per heavy atom. The fraction of sp³-hybridized carbons (Fsp3) is 1.00. The van der Waals surface area contributed by atoms with Crippen LogP contribution in [0.1, 0.15) is 25.7 Å². The van der Waals surface area contributed by atoms with Gasteiger partial charge in [0.05, 0.1) is 6.10 Å². The second-order valence-electron chi connectivity index (χ2n) is 4.76. The van der Waals surface area contributed by atoms with Crippen molar-refractivity contribution in [1.82, 2.24) is 9.80 Å². The minimum absolute atomic E-state index is 0.0451. The molecule has 1 aliphatic rings. The molecule has 0 aromatic heterocycles. The van der Waals surface area contributed by atoms with Gasteiger partial charge < -0.3 is 14.9 Å². The van der Waals surface area contributed by atoms with Gasteiger partial charge >= 0.3 is 0 Å². The quantitative estimate of drug-likeness (QED) is 0.710. The van der Waals surface area contributed by atoms with Crippen LogP contribution >= 0.6 is 0 Å². The van der Waals surface area contributed by atoms with Gasteiger partial charge in [0.25, 0.3) is 0 Å². The van der Waals surface area contributed by atoms with Crippen molar-refractivity contribution in [2.45, 2.75) is 37.8 Å². The van der Waals surface area contributed by atoms with Crippen LogP contribution in [0.5, 0.6) is 0 Å². The summed E-state index contributed by atoms with van der Waals surface area (Å²) in [6, 6.07) is 0.618. The molecule has 2 unspecified atom stereocenters. The first kappa shape index (κ1) is 12.0. The van der Waals surface area contributed by atoms with Crippen LogP contribution in [0, 0.1) is 0 Å². The van der Waals surface area contributed by atoms with E-state index in [1.165, 1.54) is 12.8 Å². The van der Waals surface area contributed by atoms with Gasteiger partial charge in [0, 0.05) is 6.04 Å².